The lowest BCUT2D eigenvalue weighted by Crippen LogP contribution is -2.44. The first-order valence-electron chi connectivity index (χ1n) is 9.10. The maximum atomic E-state index is 12.8. The number of nitrogens with zero attached hydrogens (tertiary/aromatic N) is 1. The van der Waals surface area contributed by atoms with E-state index in [1.807, 2.05) is 30.3 Å². The molecule has 2 aromatic rings. The molecule has 1 aliphatic heterocycles. The first kappa shape index (κ1) is 19.6. The summed E-state index contributed by atoms with van der Waals surface area (Å²) in [5.41, 5.74) is 2.34. The SMILES string of the molecule is O=C(O)[C@@H](CCC(=O)N1c2ccccc2C[C@H]1C(=O)O)NCc1ccccc1. The summed E-state index contributed by atoms with van der Waals surface area (Å²) in [6, 6.07) is 14.6. The molecule has 0 fully saturated rings. The molecule has 3 N–H and O–H groups in total. The molecule has 0 unspecified atom stereocenters. The third-order valence-corrected chi connectivity index (χ3v) is 4.87. The number of benzene rings is 2. The van der Waals surface area contributed by atoms with Crippen molar-refractivity contribution in [2.45, 2.75) is 37.9 Å². The van der Waals surface area contributed by atoms with Crippen LogP contribution in [0.25, 0.3) is 0 Å². The van der Waals surface area contributed by atoms with Gasteiger partial charge >= 0.3 is 11.9 Å². The van der Waals surface area contributed by atoms with Gasteiger partial charge in [0.2, 0.25) is 5.91 Å². The second-order valence-electron chi connectivity index (χ2n) is 6.75. The van der Waals surface area contributed by atoms with Crippen LogP contribution in [0.5, 0.6) is 0 Å². The molecule has 7 nitrogen and oxygen atoms in total. The summed E-state index contributed by atoms with van der Waals surface area (Å²) in [5.74, 6) is -2.49. The number of carboxylic acid groups (broad SMARTS) is 2. The van der Waals surface area contributed by atoms with Gasteiger partial charge in [0, 0.05) is 25.1 Å². The number of nitrogens with one attached hydrogen (secondary N) is 1. The first-order chi connectivity index (χ1) is 13.5. The molecule has 0 aromatic heterocycles. The third kappa shape index (κ3) is 4.37. The molecule has 0 saturated carbocycles. The largest absolute Gasteiger partial charge is 0.480 e. The number of carboxylic acids is 2. The highest BCUT2D eigenvalue weighted by Gasteiger charge is 2.38. The summed E-state index contributed by atoms with van der Waals surface area (Å²) in [6.45, 7) is 0.371. The fourth-order valence-corrected chi connectivity index (χ4v) is 3.43. The van der Waals surface area contributed by atoms with Crippen molar-refractivity contribution in [1.29, 1.82) is 0 Å². The topological polar surface area (TPSA) is 107 Å². The standard InChI is InChI=1S/C21H22N2O5/c24-19(23-17-9-5-4-8-15(17)12-18(23)21(27)28)11-10-16(20(25)26)22-13-14-6-2-1-3-7-14/h1-9,16,18,22H,10-13H2,(H,25,26)(H,27,28)/t16-,18+/m1/s1. The van der Waals surface area contributed by atoms with Crippen LogP contribution < -0.4 is 10.2 Å². The number of para-hydroxylation sites is 1. The van der Waals surface area contributed by atoms with Gasteiger partial charge in [-0.2, -0.15) is 0 Å². The quantitative estimate of drug-likeness (QED) is 0.645. The molecule has 1 amide bonds. The third-order valence-electron chi connectivity index (χ3n) is 4.87. The van der Waals surface area contributed by atoms with Crippen molar-refractivity contribution in [1.82, 2.24) is 5.32 Å². The zero-order chi connectivity index (χ0) is 20.1. The van der Waals surface area contributed by atoms with Crippen LogP contribution in [-0.4, -0.2) is 40.1 Å². The van der Waals surface area contributed by atoms with E-state index in [1.54, 1.807) is 24.3 Å². The number of hydrogen-bond acceptors (Lipinski definition) is 4. The molecule has 7 heteroatoms. The minimum Gasteiger partial charge on any atom is -0.480 e. The summed E-state index contributed by atoms with van der Waals surface area (Å²) >= 11 is 0. The van der Waals surface area contributed by atoms with Gasteiger partial charge < -0.3 is 15.5 Å². The van der Waals surface area contributed by atoms with Crippen molar-refractivity contribution < 1.29 is 24.6 Å². The van der Waals surface area contributed by atoms with Gasteiger partial charge in [0.05, 0.1) is 0 Å². The van der Waals surface area contributed by atoms with E-state index in [9.17, 15) is 24.6 Å². The molecular formula is C21H22N2O5. The molecule has 0 saturated heterocycles. The monoisotopic (exact) mass is 382 g/mol. The Balaban J connectivity index is 1.65. The number of aliphatic carboxylic acids is 2. The van der Waals surface area contributed by atoms with Crippen LogP contribution >= 0.6 is 0 Å². The van der Waals surface area contributed by atoms with Gasteiger partial charge in [-0.1, -0.05) is 48.5 Å². The minimum atomic E-state index is -1.07. The van der Waals surface area contributed by atoms with Gasteiger partial charge in [-0.05, 0) is 23.6 Å². The molecular weight excluding hydrogens is 360 g/mol. The number of rotatable bonds is 8. The first-order valence-corrected chi connectivity index (χ1v) is 9.10. The summed E-state index contributed by atoms with van der Waals surface area (Å²) in [7, 11) is 0. The average molecular weight is 382 g/mol. The molecule has 2 aromatic carbocycles. The van der Waals surface area contributed by atoms with Crippen LogP contribution in [0.15, 0.2) is 54.6 Å². The minimum absolute atomic E-state index is 0.0587. The van der Waals surface area contributed by atoms with Gasteiger partial charge in [-0.15, -0.1) is 0 Å². The Morgan fingerprint density at radius 3 is 2.39 bits per heavy atom. The molecule has 1 heterocycles. The van der Waals surface area contributed by atoms with Crippen molar-refractivity contribution in [2.75, 3.05) is 4.90 Å². The summed E-state index contributed by atoms with van der Waals surface area (Å²) in [5, 5.41) is 21.9. The predicted molar refractivity (Wildman–Crippen MR) is 103 cm³/mol. The fraction of sp³-hybridized carbons (Fsp3) is 0.286. The maximum Gasteiger partial charge on any atom is 0.327 e. The molecule has 0 aliphatic carbocycles. The van der Waals surface area contributed by atoms with Gasteiger partial charge in [-0.3, -0.25) is 14.5 Å². The van der Waals surface area contributed by atoms with Gasteiger partial charge in [0.15, 0.2) is 0 Å². The second kappa shape index (κ2) is 8.67. The lowest BCUT2D eigenvalue weighted by Gasteiger charge is -2.23. The Bertz CT molecular complexity index is 868. The van der Waals surface area contributed by atoms with E-state index in [0.717, 1.165) is 11.1 Å². The van der Waals surface area contributed by atoms with Crippen molar-refractivity contribution >= 4 is 23.5 Å². The Kier molecular flexibility index (Phi) is 6.06. The van der Waals surface area contributed by atoms with Crippen molar-refractivity contribution in [3.8, 4) is 0 Å². The Morgan fingerprint density at radius 2 is 1.71 bits per heavy atom. The van der Waals surface area contributed by atoms with Crippen molar-refractivity contribution in [3.63, 3.8) is 0 Å². The van der Waals surface area contributed by atoms with Crippen LogP contribution in [0.4, 0.5) is 5.69 Å². The van der Waals surface area contributed by atoms with Crippen LogP contribution in [0.2, 0.25) is 0 Å². The van der Waals surface area contributed by atoms with Crippen LogP contribution in [-0.2, 0) is 27.3 Å². The van der Waals surface area contributed by atoms with E-state index in [1.165, 1.54) is 4.90 Å². The van der Waals surface area contributed by atoms with Crippen LogP contribution in [0, 0.1) is 0 Å². The zero-order valence-electron chi connectivity index (χ0n) is 15.2. The van der Waals surface area contributed by atoms with Crippen LogP contribution in [0.1, 0.15) is 24.0 Å². The van der Waals surface area contributed by atoms with E-state index in [0.29, 0.717) is 12.2 Å². The van der Waals surface area contributed by atoms with Crippen LogP contribution in [0.3, 0.4) is 0 Å². The normalized spacial score (nSPS) is 16.4. The average Bonchev–Trinajstić information content (AvgIpc) is 3.08. The maximum absolute atomic E-state index is 12.8. The number of hydrogen-bond donors (Lipinski definition) is 3. The van der Waals surface area contributed by atoms with Gasteiger partial charge in [0.25, 0.3) is 0 Å². The molecule has 146 valence electrons. The Morgan fingerprint density at radius 1 is 1.04 bits per heavy atom. The van der Waals surface area contributed by atoms with E-state index < -0.39 is 24.0 Å². The summed E-state index contributed by atoms with van der Waals surface area (Å²) < 4.78 is 0. The lowest BCUT2D eigenvalue weighted by molar-refractivity contribution is -0.141. The Hall–Kier alpha value is -3.19. The van der Waals surface area contributed by atoms with Gasteiger partial charge in [0.1, 0.15) is 12.1 Å². The Labute approximate surface area is 162 Å². The zero-order valence-corrected chi connectivity index (χ0v) is 15.2. The molecule has 0 bridgehead atoms. The molecule has 28 heavy (non-hydrogen) atoms. The number of anilines is 1. The molecule has 0 spiro atoms. The van der Waals surface area contributed by atoms with Crippen molar-refractivity contribution in [3.05, 3.63) is 65.7 Å². The molecule has 3 rings (SSSR count). The highest BCUT2D eigenvalue weighted by Crippen LogP contribution is 2.32. The van der Waals surface area contributed by atoms with E-state index in [2.05, 4.69) is 5.32 Å². The number of amides is 1. The van der Waals surface area contributed by atoms with E-state index >= 15 is 0 Å². The molecule has 1 aliphatic rings. The second-order valence-corrected chi connectivity index (χ2v) is 6.75. The summed E-state index contributed by atoms with van der Waals surface area (Å²) in [4.78, 5) is 37.2. The number of fused-ring (bicyclic) bond motifs is 1. The van der Waals surface area contributed by atoms with E-state index in [4.69, 9.17) is 0 Å². The van der Waals surface area contributed by atoms with Gasteiger partial charge in [-0.25, -0.2) is 4.79 Å². The predicted octanol–water partition coefficient (Wildman–Crippen LogP) is 2.05. The summed E-state index contributed by atoms with van der Waals surface area (Å²) in [6.07, 6.45) is 0.273. The molecule has 0 radical (unpaired) electrons. The number of carbonyl (C=O) groups excluding carboxylic acids is 1. The number of carbonyl (C=O) groups is 3. The highest BCUT2D eigenvalue weighted by molar-refractivity contribution is 6.02. The lowest BCUT2D eigenvalue weighted by atomic mass is 10.1. The molecule has 2 atom stereocenters. The smallest absolute Gasteiger partial charge is 0.327 e. The van der Waals surface area contributed by atoms with E-state index in [-0.39, 0.29) is 25.2 Å². The highest BCUT2D eigenvalue weighted by atomic mass is 16.4. The fourth-order valence-electron chi connectivity index (χ4n) is 3.43. The van der Waals surface area contributed by atoms with Crippen molar-refractivity contribution in [2.24, 2.45) is 0 Å².